The second-order valence-electron chi connectivity index (χ2n) is 7.13. The fraction of sp³-hybridized carbons (Fsp3) is 0.0870. The van der Waals surface area contributed by atoms with E-state index >= 15 is 0 Å². The largest absolute Gasteiger partial charge is 0.497 e. The van der Waals surface area contributed by atoms with E-state index in [1.807, 2.05) is 53.2 Å². The van der Waals surface area contributed by atoms with Gasteiger partial charge in [0.25, 0.3) is 11.5 Å². The fourth-order valence-electron chi connectivity index (χ4n) is 3.52. The molecule has 0 atom stereocenters. The number of anilines is 1. The molecule has 0 saturated carbocycles. The number of nitrogens with one attached hydrogen (secondary N) is 2. The van der Waals surface area contributed by atoms with Gasteiger partial charge in [-0.25, -0.2) is 4.98 Å². The summed E-state index contributed by atoms with van der Waals surface area (Å²) in [7, 11) is 3.34. The van der Waals surface area contributed by atoms with Gasteiger partial charge in [-0.3, -0.25) is 9.59 Å². The van der Waals surface area contributed by atoms with Crippen LogP contribution in [0.4, 0.5) is 5.69 Å². The van der Waals surface area contributed by atoms with E-state index in [2.05, 4.69) is 15.0 Å². The maximum atomic E-state index is 13.0. The van der Waals surface area contributed by atoms with Gasteiger partial charge in [0, 0.05) is 40.0 Å². The number of hydrogen-bond donors (Lipinski definition) is 2. The highest BCUT2D eigenvalue weighted by Gasteiger charge is 2.16. The van der Waals surface area contributed by atoms with Crippen molar-refractivity contribution in [2.45, 2.75) is 0 Å². The van der Waals surface area contributed by atoms with Gasteiger partial charge in [0.05, 0.1) is 23.8 Å². The number of methoxy groups -OCH3 is 1. The van der Waals surface area contributed by atoms with Gasteiger partial charge in [0.1, 0.15) is 5.75 Å². The number of thiophene rings is 1. The van der Waals surface area contributed by atoms with E-state index in [1.165, 1.54) is 11.3 Å². The van der Waals surface area contributed by atoms with Crippen molar-refractivity contribution in [3.8, 4) is 17.1 Å². The molecule has 3 aromatic heterocycles. The van der Waals surface area contributed by atoms with E-state index in [-0.39, 0.29) is 11.5 Å². The van der Waals surface area contributed by atoms with Crippen LogP contribution in [0.15, 0.2) is 64.1 Å². The fourth-order valence-corrected chi connectivity index (χ4v) is 4.21. The van der Waals surface area contributed by atoms with Crippen LogP contribution in [0.5, 0.6) is 5.75 Å². The van der Waals surface area contributed by atoms with Crippen molar-refractivity contribution in [1.82, 2.24) is 15.0 Å². The predicted octanol–water partition coefficient (Wildman–Crippen LogP) is 4.42. The summed E-state index contributed by atoms with van der Waals surface area (Å²) in [6, 6.07) is 14.6. The molecule has 2 N–H and O–H groups in total. The number of aromatic nitrogens is 3. The second kappa shape index (κ2) is 7.41. The van der Waals surface area contributed by atoms with Crippen molar-refractivity contribution in [2.75, 3.05) is 19.1 Å². The Balaban J connectivity index is 1.49. The zero-order valence-electron chi connectivity index (χ0n) is 16.8. The van der Waals surface area contributed by atoms with Gasteiger partial charge < -0.3 is 19.6 Å². The minimum Gasteiger partial charge on any atom is -0.497 e. The number of ether oxygens (including phenoxy) is 1. The number of amides is 1. The lowest BCUT2D eigenvalue weighted by Gasteiger charge is -2.17. The first kappa shape index (κ1) is 19.1. The van der Waals surface area contributed by atoms with E-state index in [4.69, 9.17) is 4.74 Å². The number of nitrogens with zero attached hydrogens (tertiary/aromatic N) is 2. The molecule has 0 spiro atoms. The van der Waals surface area contributed by atoms with Crippen LogP contribution in [0.25, 0.3) is 33.3 Å². The lowest BCUT2D eigenvalue weighted by molar-refractivity contribution is 0.0993. The first-order valence-corrected chi connectivity index (χ1v) is 10.5. The molecule has 31 heavy (non-hydrogen) atoms. The van der Waals surface area contributed by atoms with E-state index in [9.17, 15) is 9.59 Å². The number of hydrogen-bond acceptors (Lipinski definition) is 5. The highest BCUT2D eigenvalue weighted by molar-refractivity contribution is 7.09. The molecule has 0 fully saturated rings. The number of carbonyl (C=O) groups is 1. The number of benzene rings is 2. The summed E-state index contributed by atoms with van der Waals surface area (Å²) >= 11 is 1.49. The number of rotatable bonds is 4. The Labute approximate surface area is 180 Å². The molecule has 0 saturated heterocycles. The maximum absolute atomic E-state index is 13.0. The molecular weight excluding hydrogens is 412 g/mol. The summed E-state index contributed by atoms with van der Waals surface area (Å²) in [4.78, 5) is 37.6. The molecule has 0 unspecified atom stereocenters. The molecule has 7 nitrogen and oxygen atoms in total. The number of fused-ring (bicyclic) bond motifs is 2. The van der Waals surface area contributed by atoms with Crippen LogP contribution in [0.2, 0.25) is 0 Å². The summed E-state index contributed by atoms with van der Waals surface area (Å²) < 4.78 is 5.17. The van der Waals surface area contributed by atoms with Crippen LogP contribution in [0.1, 0.15) is 10.4 Å². The Bertz CT molecular complexity index is 1480. The molecule has 3 heterocycles. The Morgan fingerprint density at radius 3 is 2.61 bits per heavy atom. The van der Waals surface area contributed by atoms with Gasteiger partial charge in [0.15, 0.2) is 5.69 Å². The van der Waals surface area contributed by atoms with Gasteiger partial charge in [-0.15, -0.1) is 11.3 Å². The van der Waals surface area contributed by atoms with Gasteiger partial charge in [0.2, 0.25) is 0 Å². The monoisotopic (exact) mass is 430 g/mol. The molecule has 0 aliphatic heterocycles. The summed E-state index contributed by atoms with van der Waals surface area (Å²) in [5.41, 5.74) is 4.28. The summed E-state index contributed by atoms with van der Waals surface area (Å²) in [6.45, 7) is 0. The van der Waals surface area contributed by atoms with Crippen LogP contribution in [0.3, 0.4) is 0 Å². The Kier molecular flexibility index (Phi) is 4.56. The Morgan fingerprint density at radius 1 is 1.03 bits per heavy atom. The normalized spacial score (nSPS) is 11.2. The molecule has 8 heteroatoms. The summed E-state index contributed by atoms with van der Waals surface area (Å²) in [6.07, 6.45) is 0. The molecular formula is C23H18N4O3S. The van der Waals surface area contributed by atoms with Crippen molar-refractivity contribution in [3.63, 3.8) is 0 Å². The van der Waals surface area contributed by atoms with Crippen molar-refractivity contribution in [1.29, 1.82) is 0 Å². The van der Waals surface area contributed by atoms with Gasteiger partial charge in [-0.2, -0.15) is 0 Å². The van der Waals surface area contributed by atoms with Crippen molar-refractivity contribution >= 4 is 44.9 Å². The smallest absolute Gasteiger partial charge is 0.276 e. The predicted molar refractivity (Wildman–Crippen MR) is 123 cm³/mol. The second-order valence-corrected chi connectivity index (χ2v) is 7.88. The standard InChI is InChI=1S/C23H18N4O3S/c1-27(15-4-6-16(30-2)7-5-15)23(29)13-3-8-17-14(9-13)10-18(24-17)21-22(28)26-20-12-31-11-19(20)25-21/h3-12,24H,1-2H3,(H,26,28). The summed E-state index contributed by atoms with van der Waals surface area (Å²) in [5, 5.41) is 4.58. The Hall–Kier alpha value is -3.91. The van der Waals surface area contributed by atoms with Crippen molar-refractivity contribution < 1.29 is 9.53 Å². The average molecular weight is 430 g/mol. The highest BCUT2D eigenvalue weighted by atomic mass is 32.1. The molecule has 154 valence electrons. The SMILES string of the molecule is COc1ccc(N(C)C(=O)c2ccc3[nH]c(-c4nc5cscc5[nH]c4=O)cc3c2)cc1. The van der Waals surface area contributed by atoms with E-state index < -0.39 is 0 Å². The molecule has 1 amide bonds. The van der Waals surface area contributed by atoms with Crippen LogP contribution in [0, 0.1) is 0 Å². The highest BCUT2D eigenvalue weighted by Crippen LogP contribution is 2.25. The molecule has 5 aromatic rings. The maximum Gasteiger partial charge on any atom is 0.276 e. The third-order valence-corrected chi connectivity index (χ3v) is 5.96. The first-order valence-electron chi connectivity index (χ1n) is 9.55. The third-order valence-electron chi connectivity index (χ3n) is 5.22. The zero-order valence-corrected chi connectivity index (χ0v) is 17.6. The van der Waals surface area contributed by atoms with Crippen LogP contribution < -0.4 is 15.2 Å². The van der Waals surface area contributed by atoms with E-state index in [0.29, 0.717) is 17.0 Å². The quantitative estimate of drug-likeness (QED) is 0.442. The van der Waals surface area contributed by atoms with Gasteiger partial charge >= 0.3 is 0 Å². The zero-order chi connectivity index (χ0) is 21.5. The number of carbonyl (C=O) groups excluding carboxylic acids is 1. The van der Waals surface area contributed by atoms with Crippen LogP contribution in [-0.4, -0.2) is 35.0 Å². The molecule has 2 aromatic carbocycles. The van der Waals surface area contributed by atoms with E-state index in [0.717, 1.165) is 33.4 Å². The van der Waals surface area contributed by atoms with E-state index in [1.54, 1.807) is 25.1 Å². The molecule has 5 rings (SSSR count). The number of H-pyrrole nitrogens is 2. The molecule has 0 radical (unpaired) electrons. The van der Waals surface area contributed by atoms with Crippen LogP contribution in [-0.2, 0) is 0 Å². The van der Waals surface area contributed by atoms with Crippen molar-refractivity contribution in [3.05, 3.63) is 75.2 Å². The lowest BCUT2D eigenvalue weighted by atomic mass is 10.1. The topological polar surface area (TPSA) is 91.1 Å². The minimum atomic E-state index is -0.256. The average Bonchev–Trinajstić information content (AvgIpc) is 3.43. The lowest BCUT2D eigenvalue weighted by Crippen LogP contribution is -2.26. The first-order chi connectivity index (χ1) is 15.0. The van der Waals surface area contributed by atoms with Crippen molar-refractivity contribution in [2.24, 2.45) is 0 Å². The Morgan fingerprint density at radius 2 is 1.84 bits per heavy atom. The van der Waals surface area contributed by atoms with Gasteiger partial charge in [-0.1, -0.05) is 0 Å². The molecule has 0 aliphatic carbocycles. The molecule has 0 aliphatic rings. The summed E-state index contributed by atoms with van der Waals surface area (Å²) in [5.74, 6) is 0.598. The molecule has 0 bridgehead atoms. The third kappa shape index (κ3) is 3.36. The van der Waals surface area contributed by atoms with Gasteiger partial charge in [-0.05, 0) is 48.5 Å². The van der Waals surface area contributed by atoms with Crippen LogP contribution >= 0.6 is 11.3 Å². The number of aromatic amines is 2. The minimum absolute atomic E-state index is 0.134.